The van der Waals surface area contributed by atoms with E-state index in [-0.39, 0.29) is 0 Å². The molecule has 0 atom stereocenters. The van der Waals surface area contributed by atoms with Gasteiger partial charge in [-0.25, -0.2) is 0 Å². The molecule has 0 saturated heterocycles. The predicted molar refractivity (Wildman–Crippen MR) is 76.6 cm³/mol. The van der Waals surface area contributed by atoms with Gasteiger partial charge in [-0.3, -0.25) is 0 Å². The summed E-state index contributed by atoms with van der Waals surface area (Å²) >= 11 is 0. The standard InChI is InChI=1S/C17H13NO/c1-19-17-10-8-14(9-11-17)4-2-5-15-6-3-7-16(12-15)13-18/h3-12H,1H3. The normalized spacial score (nSPS) is 9.05. The highest BCUT2D eigenvalue weighted by Crippen LogP contribution is 2.12. The first-order chi connectivity index (χ1) is 9.31. The predicted octanol–water partition coefficient (Wildman–Crippen LogP) is 3.89. The fraction of sp³-hybridized carbons (Fsp3) is 0.0588. The van der Waals surface area contributed by atoms with Crippen molar-refractivity contribution >= 4 is 12.2 Å². The minimum atomic E-state index is 0.653. The molecule has 2 aromatic rings. The van der Waals surface area contributed by atoms with Gasteiger partial charge in [0.25, 0.3) is 0 Å². The molecular weight excluding hydrogens is 234 g/mol. The van der Waals surface area contributed by atoms with Crippen molar-refractivity contribution in [2.75, 3.05) is 7.11 Å². The van der Waals surface area contributed by atoms with Crippen LogP contribution in [0.4, 0.5) is 0 Å². The van der Waals surface area contributed by atoms with Gasteiger partial charge in [-0.1, -0.05) is 24.3 Å². The van der Waals surface area contributed by atoms with Gasteiger partial charge in [-0.2, -0.15) is 5.26 Å². The lowest BCUT2D eigenvalue weighted by Gasteiger charge is -1.97. The van der Waals surface area contributed by atoms with Crippen LogP contribution in [-0.2, 0) is 0 Å². The van der Waals surface area contributed by atoms with E-state index in [1.807, 2.05) is 54.6 Å². The van der Waals surface area contributed by atoms with Gasteiger partial charge in [-0.05, 0) is 47.5 Å². The van der Waals surface area contributed by atoms with Gasteiger partial charge in [-0.15, -0.1) is 5.73 Å². The van der Waals surface area contributed by atoms with E-state index >= 15 is 0 Å². The van der Waals surface area contributed by atoms with Crippen molar-refractivity contribution in [1.82, 2.24) is 0 Å². The SMILES string of the molecule is COc1ccc(C=C=Cc2cccc(C#N)c2)cc1. The first-order valence-corrected chi connectivity index (χ1v) is 5.88. The lowest BCUT2D eigenvalue weighted by molar-refractivity contribution is 0.415. The quantitative estimate of drug-likeness (QED) is 0.771. The van der Waals surface area contributed by atoms with Gasteiger partial charge in [0.05, 0.1) is 18.7 Å². The van der Waals surface area contributed by atoms with Crippen molar-refractivity contribution in [3.05, 3.63) is 71.0 Å². The third kappa shape index (κ3) is 3.61. The topological polar surface area (TPSA) is 33.0 Å². The largest absolute Gasteiger partial charge is 0.497 e. The van der Waals surface area contributed by atoms with E-state index in [2.05, 4.69) is 11.8 Å². The minimum absolute atomic E-state index is 0.653. The highest BCUT2D eigenvalue weighted by atomic mass is 16.5. The Morgan fingerprint density at radius 3 is 2.42 bits per heavy atom. The van der Waals surface area contributed by atoms with E-state index in [4.69, 9.17) is 10.00 Å². The summed E-state index contributed by atoms with van der Waals surface area (Å²) in [6, 6.07) is 17.3. The lowest BCUT2D eigenvalue weighted by Crippen LogP contribution is -1.80. The van der Waals surface area contributed by atoms with Crippen LogP contribution in [-0.4, -0.2) is 7.11 Å². The molecule has 2 rings (SSSR count). The zero-order chi connectivity index (χ0) is 13.5. The van der Waals surface area contributed by atoms with E-state index in [9.17, 15) is 0 Å². The van der Waals surface area contributed by atoms with E-state index in [1.54, 1.807) is 13.2 Å². The van der Waals surface area contributed by atoms with Gasteiger partial charge in [0.15, 0.2) is 0 Å². The molecule has 0 unspecified atom stereocenters. The van der Waals surface area contributed by atoms with Crippen LogP contribution in [0, 0.1) is 11.3 Å². The zero-order valence-electron chi connectivity index (χ0n) is 10.6. The van der Waals surface area contributed by atoms with E-state index in [0.717, 1.165) is 16.9 Å². The molecule has 0 aromatic heterocycles. The minimum Gasteiger partial charge on any atom is -0.497 e. The van der Waals surface area contributed by atoms with Crippen molar-refractivity contribution in [3.63, 3.8) is 0 Å². The van der Waals surface area contributed by atoms with Crippen LogP contribution in [0.15, 0.2) is 54.3 Å². The summed E-state index contributed by atoms with van der Waals surface area (Å²) in [6.07, 6.45) is 3.74. The number of nitriles is 1. The average Bonchev–Trinajstić information content (AvgIpc) is 2.48. The molecule has 0 saturated carbocycles. The van der Waals surface area contributed by atoms with Crippen LogP contribution < -0.4 is 4.74 Å². The molecule has 2 aromatic carbocycles. The first kappa shape index (κ1) is 12.7. The Labute approximate surface area is 112 Å². The smallest absolute Gasteiger partial charge is 0.118 e. The first-order valence-electron chi connectivity index (χ1n) is 5.88. The van der Waals surface area contributed by atoms with Crippen LogP contribution in [0.25, 0.3) is 12.2 Å². The molecule has 0 fully saturated rings. The molecule has 0 heterocycles. The van der Waals surface area contributed by atoms with Crippen LogP contribution in [0.5, 0.6) is 5.75 Å². The fourth-order valence-electron chi connectivity index (χ4n) is 1.63. The van der Waals surface area contributed by atoms with E-state index in [0.29, 0.717) is 5.56 Å². The van der Waals surface area contributed by atoms with Crippen LogP contribution in [0.3, 0.4) is 0 Å². The van der Waals surface area contributed by atoms with Gasteiger partial charge >= 0.3 is 0 Å². The number of hydrogen-bond acceptors (Lipinski definition) is 2. The Bertz CT molecular complexity index is 656. The van der Waals surface area contributed by atoms with Gasteiger partial charge in [0, 0.05) is 0 Å². The van der Waals surface area contributed by atoms with Crippen LogP contribution >= 0.6 is 0 Å². The van der Waals surface area contributed by atoms with Crippen LogP contribution in [0.2, 0.25) is 0 Å². The lowest BCUT2D eigenvalue weighted by atomic mass is 10.1. The molecule has 0 aliphatic carbocycles. The maximum absolute atomic E-state index is 8.81. The van der Waals surface area contributed by atoms with Crippen LogP contribution in [0.1, 0.15) is 16.7 Å². The number of methoxy groups -OCH3 is 1. The molecule has 0 radical (unpaired) electrons. The summed E-state index contributed by atoms with van der Waals surface area (Å²) in [4.78, 5) is 0. The molecule has 0 spiro atoms. The van der Waals surface area contributed by atoms with Crippen molar-refractivity contribution in [2.24, 2.45) is 0 Å². The maximum Gasteiger partial charge on any atom is 0.118 e. The number of rotatable bonds is 3. The number of nitrogens with zero attached hydrogens (tertiary/aromatic N) is 1. The third-order valence-electron chi connectivity index (χ3n) is 2.63. The molecular formula is C17H13NO. The Morgan fingerprint density at radius 1 is 1.00 bits per heavy atom. The molecule has 0 N–H and O–H groups in total. The molecule has 0 bridgehead atoms. The fourth-order valence-corrected chi connectivity index (χ4v) is 1.63. The number of benzene rings is 2. The summed E-state index contributed by atoms with van der Waals surface area (Å²) < 4.78 is 5.10. The highest BCUT2D eigenvalue weighted by molar-refractivity contribution is 5.59. The summed E-state index contributed by atoms with van der Waals surface area (Å²) in [5, 5.41) is 8.81. The van der Waals surface area contributed by atoms with Crippen molar-refractivity contribution in [2.45, 2.75) is 0 Å². The Kier molecular flexibility index (Phi) is 4.18. The van der Waals surface area contributed by atoms with Gasteiger partial charge in [0.1, 0.15) is 5.75 Å². The summed E-state index contributed by atoms with van der Waals surface area (Å²) in [5.41, 5.74) is 5.77. The highest BCUT2D eigenvalue weighted by Gasteiger charge is 1.91. The molecule has 0 amide bonds. The van der Waals surface area contributed by atoms with E-state index < -0.39 is 0 Å². The second kappa shape index (κ2) is 6.26. The molecule has 19 heavy (non-hydrogen) atoms. The molecule has 2 nitrogen and oxygen atoms in total. The zero-order valence-corrected chi connectivity index (χ0v) is 10.6. The van der Waals surface area contributed by atoms with Crippen molar-refractivity contribution in [1.29, 1.82) is 5.26 Å². The molecule has 0 aliphatic rings. The summed E-state index contributed by atoms with van der Waals surface area (Å²) in [7, 11) is 1.65. The Morgan fingerprint density at radius 2 is 1.74 bits per heavy atom. The van der Waals surface area contributed by atoms with E-state index in [1.165, 1.54) is 0 Å². The molecule has 92 valence electrons. The Balaban J connectivity index is 2.16. The Hall–Kier alpha value is -2.75. The summed E-state index contributed by atoms with van der Waals surface area (Å²) in [6.45, 7) is 0. The molecule has 0 aliphatic heterocycles. The summed E-state index contributed by atoms with van der Waals surface area (Å²) in [5.74, 6) is 0.836. The second-order valence-electron chi connectivity index (χ2n) is 3.97. The number of hydrogen-bond donors (Lipinski definition) is 0. The number of ether oxygens (including phenoxy) is 1. The van der Waals surface area contributed by atoms with Crippen molar-refractivity contribution in [3.8, 4) is 11.8 Å². The molecule has 2 heteroatoms. The monoisotopic (exact) mass is 247 g/mol. The third-order valence-corrected chi connectivity index (χ3v) is 2.63. The van der Waals surface area contributed by atoms with Crippen molar-refractivity contribution < 1.29 is 4.74 Å². The van der Waals surface area contributed by atoms with Gasteiger partial charge in [0.2, 0.25) is 0 Å². The maximum atomic E-state index is 8.81. The second-order valence-corrected chi connectivity index (χ2v) is 3.97. The average molecular weight is 247 g/mol. The van der Waals surface area contributed by atoms with Gasteiger partial charge < -0.3 is 4.74 Å².